The lowest BCUT2D eigenvalue weighted by molar-refractivity contribution is 0.243. The lowest BCUT2D eigenvalue weighted by Gasteiger charge is -2.25. The molecule has 0 bridgehead atoms. The van der Waals surface area contributed by atoms with Gasteiger partial charge in [0.05, 0.1) is 0 Å². The number of nitrogens with zero attached hydrogens (tertiary/aromatic N) is 1. The highest BCUT2D eigenvalue weighted by Gasteiger charge is 2.20. The molecule has 2 heteroatoms. The van der Waals surface area contributed by atoms with E-state index in [0.29, 0.717) is 6.04 Å². The van der Waals surface area contributed by atoms with Gasteiger partial charge in [-0.15, -0.1) is 0 Å². The van der Waals surface area contributed by atoms with Crippen LogP contribution in [0.5, 0.6) is 0 Å². The van der Waals surface area contributed by atoms with Crippen molar-refractivity contribution in [2.24, 2.45) is 0 Å². The number of likely N-dealkylation sites (N-methyl/N-ethyl adjacent to an activating group) is 1. The van der Waals surface area contributed by atoms with Gasteiger partial charge in [-0.2, -0.15) is 0 Å². The first kappa shape index (κ1) is 10.0. The summed E-state index contributed by atoms with van der Waals surface area (Å²) in [4.78, 5) is 2.59. The molecule has 2 nitrogen and oxygen atoms in total. The molecule has 1 heterocycles. The highest BCUT2D eigenvalue weighted by Crippen LogP contribution is 2.15. The molecule has 0 aromatic rings. The fourth-order valence-corrected chi connectivity index (χ4v) is 2.03. The number of hydrogen-bond acceptors (Lipinski definition) is 2. The Morgan fingerprint density at radius 3 is 2.83 bits per heavy atom. The van der Waals surface area contributed by atoms with E-state index in [9.17, 15) is 0 Å². The molecule has 2 atom stereocenters. The standard InChI is InChI=1S/C10H22N2/c1-4-11-9(2)8-12-7-5-6-10(12)3/h9-11H,4-8H2,1-3H3. The summed E-state index contributed by atoms with van der Waals surface area (Å²) < 4.78 is 0. The molecular formula is C10H22N2. The van der Waals surface area contributed by atoms with Crippen LogP contribution in [0.15, 0.2) is 0 Å². The van der Waals surface area contributed by atoms with Gasteiger partial charge in [-0.3, -0.25) is 4.90 Å². The lowest BCUT2D eigenvalue weighted by atomic mass is 10.2. The molecule has 0 spiro atoms. The van der Waals surface area contributed by atoms with E-state index < -0.39 is 0 Å². The third-order valence-corrected chi connectivity index (χ3v) is 2.75. The summed E-state index contributed by atoms with van der Waals surface area (Å²) in [6.07, 6.45) is 2.78. The first-order valence-corrected chi connectivity index (χ1v) is 5.21. The van der Waals surface area contributed by atoms with E-state index >= 15 is 0 Å². The van der Waals surface area contributed by atoms with E-state index in [2.05, 4.69) is 31.0 Å². The van der Waals surface area contributed by atoms with Crippen molar-refractivity contribution in [3.8, 4) is 0 Å². The van der Waals surface area contributed by atoms with Crippen LogP contribution >= 0.6 is 0 Å². The Morgan fingerprint density at radius 2 is 2.33 bits per heavy atom. The molecule has 12 heavy (non-hydrogen) atoms. The average molecular weight is 170 g/mol. The molecule has 0 aromatic heterocycles. The second-order valence-electron chi connectivity index (χ2n) is 3.94. The molecule has 0 aliphatic carbocycles. The summed E-state index contributed by atoms with van der Waals surface area (Å²) in [5, 5.41) is 3.45. The predicted octanol–water partition coefficient (Wildman–Crippen LogP) is 1.47. The normalized spacial score (nSPS) is 27.8. The van der Waals surface area contributed by atoms with Crippen molar-refractivity contribution in [1.29, 1.82) is 0 Å². The first-order chi connectivity index (χ1) is 5.74. The molecule has 1 fully saturated rings. The first-order valence-electron chi connectivity index (χ1n) is 5.21. The zero-order valence-electron chi connectivity index (χ0n) is 8.64. The van der Waals surface area contributed by atoms with Crippen molar-refractivity contribution < 1.29 is 0 Å². The van der Waals surface area contributed by atoms with Gasteiger partial charge in [-0.25, -0.2) is 0 Å². The summed E-state index contributed by atoms with van der Waals surface area (Å²) in [7, 11) is 0. The van der Waals surface area contributed by atoms with Crippen LogP contribution in [-0.2, 0) is 0 Å². The monoisotopic (exact) mass is 170 g/mol. The van der Waals surface area contributed by atoms with Crippen LogP contribution < -0.4 is 5.32 Å². The zero-order chi connectivity index (χ0) is 8.97. The Labute approximate surface area is 76.3 Å². The van der Waals surface area contributed by atoms with Gasteiger partial charge in [0.2, 0.25) is 0 Å². The summed E-state index contributed by atoms with van der Waals surface area (Å²) in [6, 6.07) is 1.46. The minimum Gasteiger partial charge on any atom is -0.313 e. The van der Waals surface area contributed by atoms with Crippen molar-refractivity contribution in [3.63, 3.8) is 0 Å². The molecule has 0 saturated carbocycles. The lowest BCUT2D eigenvalue weighted by Crippen LogP contribution is -2.40. The summed E-state index contributed by atoms with van der Waals surface area (Å²) in [5.74, 6) is 0. The maximum absolute atomic E-state index is 3.45. The van der Waals surface area contributed by atoms with Crippen LogP contribution in [0.2, 0.25) is 0 Å². The molecule has 1 rings (SSSR count). The van der Waals surface area contributed by atoms with E-state index in [0.717, 1.165) is 12.6 Å². The van der Waals surface area contributed by atoms with Crippen LogP contribution in [0, 0.1) is 0 Å². The van der Waals surface area contributed by atoms with E-state index in [1.165, 1.54) is 25.9 Å². The zero-order valence-corrected chi connectivity index (χ0v) is 8.64. The Balaban J connectivity index is 2.20. The number of nitrogens with one attached hydrogen (secondary N) is 1. The Hall–Kier alpha value is -0.0800. The highest BCUT2D eigenvalue weighted by molar-refractivity contribution is 4.78. The number of rotatable bonds is 4. The predicted molar refractivity (Wildman–Crippen MR) is 53.4 cm³/mol. The number of likely N-dealkylation sites (tertiary alicyclic amines) is 1. The second kappa shape index (κ2) is 4.83. The molecule has 0 amide bonds. The molecule has 1 aliphatic heterocycles. The molecule has 1 saturated heterocycles. The Morgan fingerprint density at radius 1 is 1.58 bits per heavy atom. The third kappa shape index (κ3) is 2.76. The molecule has 1 N–H and O–H groups in total. The maximum Gasteiger partial charge on any atom is 0.0166 e. The summed E-state index contributed by atoms with van der Waals surface area (Å²) in [6.45, 7) is 10.4. The molecule has 0 radical (unpaired) electrons. The molecule has 0 aromatic carbocycles. The van der Waals surface area contributed by atoms with Crippen molar-refractivity contribution in [1.82, 2.24) is 10.2 Å². The van der Waals surface area contributed by atoms with Gasteiger partial charge < -0.3 is 5.32 Å². The van der Waals surface area contributed by atoms with Gasteiger partial charge >= 0.3 is 0 Å². The van der Waals surface area contributed by atoms with Crippen molar-refractivity contribution in [3.05, 3.63) is 0 Å². The van der Waals surface area contributed by atoms with Gasteiger partial charge in [0.15, 0.2) is 0 Å². The van der Waals surface area contributed by atoms with Crippen molar-refractivity contribution in [2.45, 2.75) is 45.7 Å². The molecule has 72 valence electrons. The van der Waals surface area contributed by atoms with Gasteiger partial charge in [0, 0.05) is 18.6 Å². The second-order valence-corrected chi connectivity index (χ2v) is 3.94. The van der Waals surface area contributed by atoms with E-state index in [-0.39, 0.29) is 0 Å². The highest BCUT2D eigenvalue weighted by atomic mass is 15.2. The van der Waals surface area contributed by atoms with Crippen LogP contribution in [0.3, 0.4) is 0 Å². The maximum atomic E-state index is 3.45. The van der Waals surface area contributed by atoms with Crippen LogP contribution in [0.1, 0.15) is 33.6 Å². The average Bonchev–Trinajstić information content (AvgIpc) is 2.37. The van der Waals surface area contributed by atoms with Crippen LogP contribution in [-0.4, -0.2) is 36.6 Å². The van der Waals surface area contributed by atoms with Gasteiger partial charge in [0.25, 0.3) is 0 Å². The van der Waals surface area contributed by atoms with E-state index in [4.69, 9.17) is 0 Å². The van der Waals surface area contributed by atoms with Crippen molar-refractivity contribution in [2.75, 3.05) is 19.6 Å². The van der Waals surface area contributed by atoms with E-state index in [1.807, 2.05) is 0 Å². The SMILES string of the molecule is CCNC(C)CN1CCCC1C. The molecule has 1 aliphatic rings. The summed E-state index contributed by atoms with van der Waals surface area (Å²) in [5.41, 5.74) is 0. The van der Waals surface area contributed by atoms with Crippen LogP contribution in [0.25, 0.3) is 0 Å². The Kier molecular flexibility index (Phi) is 4.02. The smallest absolute Gasteiger partial charge is 0.0166 e. The third-order valence-electron chi connectivity index (χ3n) is 2.75. The van der Waals surface area contributed by atoms with E-state index in [1.54, 1.807) is 0 Å². The molecule has 2 unspecified atom stereocenters. The largest absolute Gasteiger partial charge is 0.313 e. The Bertz CT molecular complexity index is 125. The minimum atomic E-state index is 0.649. The topological polar surface area (TPSA) is 15.3 Å². The molecular weight excluding hydrogens is 148 g/mol. The van der Waals surface area contributed by atoms with Gasteiger partial charge in [-0.1, -0.05) is 6.92 Å². The van der Waals surface area contributed by atoms with Gasteiger partial charge in [0.1, 0.15) is 0 Å². The fraction of sp³-hybridized carbons (Fsp3) is 1.00. The van der Waals surface area contributed by atoms with Gasteiger partial charge in [-0.05, 0) is 39.8 Å². The quantitative estimate of drug-likeness (QED) is 0.687. The number of hydrogen-bond donors (Lipinski definition) is 1. The van der Waals surface area contributed by atoms with Crippen molar-refractivity contribution >= 4 is 0 Å². The fourth-order valence-electron chi connectivity index (χ4n) is 2.03. The summed E-state index contributed by atoms with van der Waals surface area (Å²) >= 11 is 0. The van der Waals surface area contributed by atoms with Crippen LogP contribution in [0.4, 0.5) is 0 Å². The minimum absolute atomic E-state index is 0.649.